The van der Waals surface area contributed by atoms with Gasteiger partial charge in [-0.05, 0) is 59.8 Å². The van der Waals surface area contributed by atoms with Gasteiger partial charge in [-0.3, -0.25) is 9.89 Å². The Morgan fingerprint density at radius 1 is 1.05 bits per heavy atom. The number of aryl methyl sites for hydroxylation is 1. The summed E-state index contributed by atoms with van der Waals surface area (Å²) in [7, 11) is 0. The van der Waals surface area contributed by atoms with Crippen LogP contribution in [-0.4, -0.2) is 9.78 Å². The fourth-order valence-corrected chi connectivity index (χ4v) is 2.59. The van der Waals surface area contributed by atoms with Gasteiger partial charge >= 0.3 is 0 Å². The van der Waals surface area contributed by atoms with E-state index in [9.17, 15) is 4.79 Å². The number of nitrogens with one attached hydrogen (secondary N) is 1. The maximum Gasteiger partial charge on any atom is 0.299 e. The van der Waals surface area contributed by atoms with Gasteiger partial charge in [0.15, 0.2) is 5.69 Å². The van der Waals surface area contributed by atoms with Crippen molar-refractivity contribution in [3.8, 4) is 5.69 Å². The van der Waals surface area contributed by atoms with Gasteiger partial charge in [-0.15, -0.1) is 5.11 Å². The second kappa shape index (κ2) is 6.27. The van der Waals surface area contributed by atoms with Gasteiger partial charge in [0, 0.05) is 3.57 Å². The normalized spacial score (nSPS) is 11.2. The number of aromatic amines is 1. The molecule has 0 bridgehead atoms. The van der Waals surface area contributed by atoms with Gasteiger partial charge in [-0.2, -0.15) is 5.11 Å². The molecule has 110 valence electrons. The van der Waals surface area contributed by atoms with Crippen molar-refractivity contribution < 1.29 is 0 Å². The fraction of sp³-hybridized carbons (Fsp3) is 0.0625. The zero-order chi connectivity index (χ0) is 15.5. The van der Waals surface area contributed by atoms with Crippen LogP contribution in [0.4, 0.5) is 11.4 Å². The van der Waals surface area contributed by atoms with Gasteiger partial charge in [0.25, 0.3) is 5.56 Å². The molecule has 0 spiro atoms. The van der Waals surface area contributed by atoms with Gasteiger partial charge in [0.2, 0.25) is 0 Å². The summed E-state index contributed by atoms with van der Waals surface area (Å²) in [6, 6.07) is 17.0. The molecule has 0 saturated heterocycles. The van der Waals surface area contributed by atoms with Crippen molar-refractivity contribution in [2.24, 2.45) is 10.2 Å². The number of H-pyrrole nitrogens is 1. The van der Waals surface area contributed by atoms with Crippen molar-refractivity contribution in [2.45, 2.75) is 6.92 Å². The minimum Gasteiger partial charge on any atom is -0.293 e. The molecule has 5 nitrogen and oxygen atoms in total. The molecule has 2 aromatic carbocycles. The average Bonchev–Trinajstić information content (AvgIpc) is 2.81. The molecule has 6 heteroatoms. The third-order valence-corrected chi connectivity index (χ3v) is 3.80. The van der Waals surface area contributed by atoms with Gasteiger partial charge in [0.05, 0.1) is 17.1 Å². The van der Waals surface area contributed by atoms with Gasteiger partial charge in [-0.25, -0.2) is 4.68 Å². The zero-order valence-electron chi connectivity index (χ0n) is 11.8. The number of hydrogen-bond donors (Lipinski definition) is 1. The van der Waals surface area contributed by atoms with Gasteiger partial charge in [0.1, 0.15) is 0 Å². The van der Waals surface area contributed by atoms with E-state index in [-0.39, 0.29) is 5.56 Å². The lowest BCUT2D eigenvalue weighted by Crippen LogP contribution is -2.13. The third-order valence-electron chi connectivity index (χ3n) is 3.13. The topological polar surface area (TPSA) is 62.5 Å². The lowest BCUT2D eigenvalue weighted by Gasteiger charge is -1.99. The Bertz CT molecular complexity index is 881. The van der Waals surface area contributed by atoms with Crippen LogP contribution < -0.4 is 5.56 Å². The monoisotopic (exact) mass is 404 g/mol. The highest BCUT2D eigenvalue weighted by atomic mass is 127. The molecule has 0 saturated carbocycles. The number of para-hydroxylation sites is 1. The predicted molar refractivity (Wildman–Crippen MR) is 94.5 cm³/mol. The van der Waals surface area contributed by atoms with Crippen molar-refractivity contribution >= 4 is 34.0 Å². The summed E-state index contributed by atoms with van der Waals surface area (Å²) in [5.74, 6) is 0. The van der Waals surface area contributed by atoms with E-state index >= 15 is 0 Å². The van der Waals surface area contributed by atoms with Crippen LogP contribution in [0.1, 0.15) is 5.69 Å². The van der Waals surface area contributed by atoms with Crippen LogP contribution in [0.15, 0.2) is 69.6 Å². The molecule has 3 aromatic rings. The van der Waals surface area contributed by atoms with Gasteiger partial charge < -0.3 is 0 Å². The van der Waals surface area contributed by atoms with Crippen molar-refractivity contribution in [3.63, 3.8) is 0 Å². The van der Waals surface area contributed by atoms with Crippen LogP contribution in [0.3, 0.4) is 0 Å². The van der Waals surface area contributed by atoms with E-state index in [0.29, 0.717) is 11.4 Å². The quantitative estimate of drug-likeness (QED) is 0.507. The maximum absolute atomic E-state index is 12.5. The molecule has 0 aliphatic carbocycles. The average molecular weight is 404 g/mol. The molecule has 1 heterocycles. The first-order chi connectivity index (χ1) is 10.6. The van der Waals surface area contributed by atoms with Crippen LogP contribution in [0, 0.1) is 10.5 Å². The lowest BCUT2D eigenvalue weighted by molar-refractivity contribution is 0.835. The summed E-state index contributed by atoms with van der Waals surface area (Å²) in [5.41, 5.74) is 2.29. The Balaban J connectivity index is 1.99. The molecular weight excluding hydrogens is 391 g/mol. The van der Waals surface area contributed by atoms with Crippen LogP contribution in [0.5, 0.6) is 0 Å². The number of hydrogen-bond acceptors (Lipinski definition) is 3. The molecule has 3 rings (SSSR count). The third kappa shape index (κ3) is 3.01. The number of aromatic nitrogens is 2. The molecule has 0 amide bonds. The molecule has 0 aliphatic rings. The van der Waals surface area contributed by atoms with E-state index < -0.39 is 0 Å². The zero-order valence-corrected chi connectivity index (χ0v) is 14.0. The molecule has 1 aromatic heterocycles. The fourth-order valence-electron chi connectivity index (χ4n) is 2.06. The predicted octanol–water partition coefficient (Wildman–Crippen LogP) is 4.49. The van der Waals surface area contributed by atoms with Crippen LogP contribution >= 0.6 is 22.6 Å². The van der Waals surface area contributed by atoms with E-state index in [2.05, 4.69) is 37.9 Å². The smallest absolute Gasteiger partial charge is 0.293 e. The second-order valence-corrected chi connectivity index (χ2v) is 5.99. The van der Waals surface area contributed by atoms with E-state index in [1.165, 1.54) is 4.68 Å². The molecule has 0 radical (unpaired) electrons. The molecule has 0 aliphatic heterocycles. The Morgan fingerprint density at radius 2 is 1.82 bits per heavy atom. The molecule has 0 fully saturated rings. The Hall–Kier alpha value is -2.22. The molecule has 0 atom stereocenters. The number of nitrogens with zero attached hydrogens (tertiary/aromatic N) is 3. The highest BCUT2D eigenvalue weighted by molar-refractivity contribution is 14.1. The minimum absolute atomic E-state index is 0.210. The molecule has 0 unspecified atom stereocenters. The second-order valence-electron chi connectivity index (χ2n) is 4.74. The summed E-state index contributed by atoms with van der Waals surface area (Å²) < 4.78 is 2.54. The minimum atomic E-state index is -0.210. The number of benzene rings is 2. The number of rotatable bonds is 3. The van der Waals surface area contributed by atoms with E-state index in [1.54, 1.807) is 0 Å². The summed E-state index contributed by atoms with van der Waals surface area (Å²) >= 11 is 2.21. The van der Waals surface area contributed by atoms with Crippen molar-refractivity contribution in [1.29, 1.82) is 0 Å². The summed E-state index contributed by atoms with van der Waals surface area (Å²) in [6.07, 6.45) is 0. The van der Waals surface area contributed by atoms with Crippen molar-refractivity contribution in [3.05, 3.63) is 74.2 Å². The van der Waals surface area contributed by atoms with E-state index in [1.807, 2.05) is 61.5 Å². The standard InChI is InChI=1S/C16H13IN4O/c1-11-15(19-18-13-7-5-6-12(17)10-13)16(22)21(20-11)14-8-3-2-4-9-14/h2-10,20H,1H3. The van der Waals surface area contributed by atoms with Crippen molar-refractivity contribution in [1.82, 2.24) is 9.78 Å². The summed E-state index contributed by atoms with van der Waals surface area (Å²) in [4.78, 5) is 12.5. The van der Waals surface area contributed by atoms with Crippen LogP contribution in [-0.2, 0) is 0 Å². The number of halogens is 1. The molecule has 1 N–H and O–H groups in total. The maximum atomic E-state index is 12.5. The largest absolute Gasteiger partial charge is 0.299 e. The molecular formula is C16H13IN4O. The van der Waals surface area contributed by atoms with Gasteiger partial charge in [-0.1, -0.05) is 24.3 Å². The Morgan fingerprint density at radius 3 is 2.55 bits per heavy atom. The summed E-state index contributed by atoms with van der Waals surface area (Å²) in [6.45, 7) is 1.81. The van der Waals surface area contributed by atoms with E-state index in [4.69, 9.17) is 0 Å². The molecule has 22 heavy (non-hydrogen) atoms. The van der Waals surface area contributed by atoms with Crippen LogP contribution in [0.2, 0.25) is 0 Å². The first-order valence-corrected chi connectivity index (χ1v) is 7.77. The Labute approximate surface area is 140 Å². The van der Waals surface area contributed by atoms with Crippen molar-refractivity contribution in [2.75, 3.05) is 0 Å². The SMILES string of the molecule is Cc1[nH]n(-c2ccccc2)c(=O)c1N=Nc1cccc(I)c1. The first-order valence-electron chi connectivity index (χ1n) is 6.69. The number of azo groups is 1. The highest BCUT2D eigenvalue weighted by Gasteiger charge is 2.11. The first kappa shape index (κ1) is 14.7. The Kier molecular flexibility index (Phi) is 4.19. The highest BCUT2D eigenvalue weighted by Crippen LogP contribution is 2.20. The lowest BCUT2D eigenvalue weighted by atomic mass is 10.3. The van der Waals surface area contributed by atoms with E-state index in [0.717, 1.165) is 14.9 Å². The van der Waals surface area contributed by atoms with Crippen LogP contribution in [0.25, 0.3) is 5.69 Å². The summed E-state index contributed by atoms with van der Waals surface area (Å²) in [5, 5.41) is 11.3.